The van der Waals surface area contributed by atoms with Gasteiger partial charge in [0.2, 0.25) is 5.91 Å². The fraction of sp³-hybridized carbons (Fsp3) is 0.433. The zero-order valence-corrected chi connectivity index (χ0v) is 23.0. The number of aryl methyl sites for hydroxylation is 1. The summed E-state index contributed by atoms with van der Waals surface area (Å²) < 4.78 is 15.1. The number of hydrogen-bond acceptors (Lipinski definition) is 4. The minimum Gasteiger partial charge on any atom is -0.343 e. The van der Waals surface area contributed by atoms with E-state index in [-0.39, 0.29) is 18.0 Å². The lowest BCUT2D eigenvalue weighted by Gasteiger charge is -2.47. The van der Waals surface area contributed by atoms with E-state index in [4.69, 9.17) is 16.9 Å². The highest BCUT2D eigenvalue weighted by atomic mass is 35.5. The highest BCUT2D eigenvalue weighted by molar-refractivity contribution is 6.31. The van der Waals surface area contributed by atoms with Gasteiger partial charge in [0, 0.05) is 72.5 Å². The van der Waals surface area contributed by atoms with Crippen LogP contribution in [-0.4, -0.2) is 65.3 Å². The Balaban J connectivity index is 1.21. The van der Waals surface area contributed by atoms with Crippen LogP contribution < -0.4 is 10.2 Å². The van der Waals surface area contributed by atoms with E-state index in [1.54, 1.807) is 9.80 Å². The second-order valence-corrected chi connectivity index (χ2v) is 11.5. The first-order valence-corrected chi connectivity index (χ1v) is 14.2. The van der Waals surface area contributed by atoms with Crippen molar-refractivity contribution < 1.29 is 14.0 Å². The van der Waals surface area contributed by atoms with Crippen molar-refractivity contribution >= 4 is 40.1 Å². The SMILES string of the molecule is N#CCCCn1c(CN2C(=O)C3(CN(C(=O)NC4CCN(CF)CC4)C3)c3ccccc32)cc2cc(Cl)ccc21. The van der Waals surface area contributed by atoms with Gasteiger partial charge < -0.3 is 19.7 Å². The topological polar surface area (TPSA) is 84.6 Å². The Bertz CT molecular complexity index is 1490. The van der Waals surface area contributed by atoms with Crippen LogP contribution in [0.2, 0.25) is 5.02 Å². The molecule has 2 aromatic carbocycles. The average Bonchev–Trinajstić information content (AvgIpc) is 3.40. The van der Waals surface area contributed by atoms with Crippen LogP contribution in [0.15, 0.2) is 48.5 Å². The van der Waals surface area contributed by atoms with Crippen molar-refractivity contribution in [3.8, 4) is 6.07 Å². The molecule has 3 amide bonds. The third-order valence-electron chi connectivity index (χ3n) is 8.60. The minimum atomic E-state index is -0.757. The van der Waals surface area contributed by atoms with E-state index in [9.17, 15) is 14.0 Å². The lowest BCUT2D eigenvalue weighted by molar-refractivity contribution is -0.127. The molecule has 1 N–H and O–H groups in total. The average molecular weight is 563 g/mol. The number of para-hydroxylation sites is 1. The molecule has 40 heavy (non-hydrogen) atoms. The van der Waals surface area contributed by atoms with Gasteiger partial charge in [-0.25, -0.2) is 9.18 Å². The maximum absolute atomic E-state index is 14.1. The van der Waals surface area contributed by atoms with Crippen LogP contribution in [0.25, 0.3) is 10.9 Å². The molecule has 0 atom stereocenters. The predicted octanol–water partition coefficient (Wildman–Crippen LogP) is 4.80. The molecule has 3 aliphatic heterocycles. The highest BCUT2D eigenvalue weighted by Gasteiger charge is 2.59. The number of carbonyl (C=O) groups is 2. The molecule has 1 spiro atoms. The van der Waals surface area contributed by atoms with Crippen molar-refractivity contribution in [2.75, 3.05) is 37.9 Å². The fourth-order valence-corrected chi connectivity index (χ4v) is 6.62. The summed E-state index contributed by atoms with van der Waals surface area (Å²) >= 11 is 6.27. The summed E-state index contributed by atoms with van der Waals surface area (Å²) in [7, 11) is 0. The van der Waals surface area contributed by atoms with E-state index in [0.29, 0.717) is 57.1 Å². The number of amides is 3. The molecular formula is C30H32ClFN6O2. The summed E-state index contributed by atoms with van der Waals surface area (Å²) in [6, 6.07) is 17.8. The molecule has 0 radical (unpaired) electrons. The van der Waals surface area contributed by atoms with E-state index in [1.165, 1.54) is 0 Å². The number of alkyl halides is 1. The van der Waals surface area contributed by atoms with Gasteiger partial charge in [0.15, 0.2) is 0 Å². The third kappa shape index (κ3) is 4.59. The number of benzene rings is 2. The number of unbranched alkanes of at least 4 members (excludes halogenated alkanes) is 1. The van der Waals surface area contributed by atoms with Gasteiger partial charge >= 0.3 is 6.03 Å². The number of rotatable bonds is 7. The molecule has 6 rings (SSSR count). The molecule has 0 unspecified atom stereocenters. The Labute approximate surface area is 237 Å². The first-order valence-electron chi connectivity index (χ1n) is 13.8. The maximum atomic E-state index is 14.1. The number of likely N-dealkylation sites (tertiary alicyclic amines) is 2. The lowest BCUT2D eigenvalue weighted by atomic mass is 9.75. The van der Waals surface area contributed by atoms with Crippen molar-refractivity contribution in [3.63, 3.8) is 0 Å². The smallest absolute Gasteiger partial charge is 0.317 e. The molecule has 208 valence electrons. The molecule has 4 heterocycles. The molecule has 3 aliphatic rings. The Morgan fingerprint density at radius 3 is 2.67 bits per heavy atom. The quantitative estimate of drug-likeness (QED) is 0.331. The predicted molar refractivity (Wildman–Crippen MR) is 152 cm³/mol. The Hall–Kier alpha value is -3.61. The number of anilines is 1. The largest absolute Gasteiger partial charge is 0.343 e. The van der Waals surface area contributed by atoms with Crippen LogP contribution in [-0.2, 0) is 23.3 Å². The number of halogens is 2. The molecule has 1 aromatic heterocycles. The summed E-state index contributed by atoms with van der Waals surface area (Å²) in [4.78, 5) is 32.4. The van der Waals surface area contributed by atoms with Crippen LogP contribution in [0, 0.1) is 11.3 Å². The summed E-state index contributed by atoms with van der Waals surface area (Å²) in [5.74, 6) is 0.000803. The maximum Gasteiger partial charge on any atom is 0.317 e. The van der Waals surface area contributed by atoms with Gasteiger partial charge in [-0.15, -0.1) is 0 Å². The molecule has 8 nitrogen and oxygen atoms in total. The second-order valence-electron chi connectivity index (χ2n) is 11.1. The number of nitrogens with one attached hydrogen (secondary N) is 1. The number of hydrogen-bond donors (Lipinski definition) is 1. The minimum absolute atomic E-state index is 0.000803. The number of urea groups is 1. The zero-order chi connectivity index (χ0) is 27.9. The Morgan fingerprint density at radius 2 is 1.93 bits per heavy atom. The van der Waals surface area contributed by atoms with E-state index in [2.05, 4.69) is 22.0 Å². The lowest BCUT2D eigenvalue weighted by Crippen LogP contribution is -2.67. The van der Waals surface area contributed by atoms with Crippen LogP contribution in [0.4, 0.5) is 14.9 Å². The van der Waals surface area contributed by atoms with Gasteiger partial charge in [-0.2, -0.15) is 5.26 Å². The normalized spacial score (nSPS) is 18.7. The molecule has 2 fully saturated rings. The Morgan fingerprint density at radius 1 is 1.15 bits per heavy atom. The van der Waals surface area contributed by atoms with E-state index >= 15 is 0 Å². The van der Waals surface area contributed by atoms with Gasteiger partial charge in [-0.1, -0.05) is 29.8 Å². The summed E-state index contributed by atoms with van der Waals surface area (Å²) in [6.45, 7) is 2.51. The monoisotopic (exact) mass is 562 g/mol. The van der Waals surface area contributed by atoms with Gasteiger partial charge in [-0.05, 0) is 55.2 Å². The van der Waals surface area contributed by atoms with Gasteiger partial charge in [0.05, 0.1) is 12.6 Å². The van der Waals surface area contributed by atoms with Gasteiger partial charge in [-0.3, -0.25) is 9.69 Å². The van der Waals surface area contributed by atoms with E-state index < -0.39 is 12.2 Å². The van der Waals surface area contributed by atoms with Crippen LogP contribution in [0.5, 0.6) is 0 Å². The van der Waals surface area contributed by atoms with Crippen molar-refractivity contribution in [1.82, 2.24) is 19.7 Å². The van der Waals surface area contributed by atoms with Gasteiger partial charge in [0.25, 0.3) is 0 Å². The molecule has 2 saturated heterocycles. The molecule has 0 bridgehead atoms. The Kier molecular flexibility index (Phi) is 7.15. The first-order chi connectivity index (χ1) is 19.4. The summed E-state index contributed by atoms with van der Waals surface area (Å²) in [6.07, 6.45) is 2.60. The van der Waals surface area contributed by atoms with E-state index in [1.807, 2.05) is 47.4 Å². The molecule has 0 aliphatic carbocycles. The van der Waals surface area contributed by atoms with Crippen LogP contribution >= 0.6 is 11.6 Å². The number of nitrogens with zero attached hydrogens (tertiary/aromatic N) is 5. The number of carbonyl (C=O) groups excluding carboxylic acids is 2. The standard InChI is InChI=1S/C30H32ClFN6O2/c31-22-7-8-26-21(15-22)16-24(37(26)12-4-3-11-33)17-38-27-6-2-1-5-25(27)30(28(38)39)18-36(19-30)29(40)34-23-9-13-35(20-32)14-10-23/h1-2,5-8,15-16,23H,3-4,9-10,12-14,17-20H2,(H,34,40). The van der Waals surface area contributed by atoms with Crippen molar-refractivity contribution in [2.24, 2.45) is 0 Å². The summed E-state index contributed by atoms with van der Waals surface area (Å²) in [5.41, 5.74) is 3.07. The highest BCUT2D eigenvalue weighted by Crippen LogP contribution is 2.48. The third-order valence-corrected chi connectivity index (χ3v) is 8.83. The van der Waals surface area contributed by atoms with Gasteiger partial charge in [0.1, 0.15) is 12.2 Å². The van der Waals surface area contributed by atoms with Crippen molar-refractivity contribution in [3.05, 3.63) is 64.8 Å². The number of nitriles is 1. The van der Waals surface area contributed by atoms with Crippen molar-refractivity contribution in [1.29, 1.82) is 5.26 Å². The van der Waals surface area contributed by atoms with Crippen LogP contribution in [0.3, 0.4) is 0 Å². The number of fused-ring (bicyclic) bond motifs is 3. The number of piperidine rings is 1. The van der Waals surface area contributed by atoms with Crippen molar-refractivity contribution in [2.45, 2.75) is 50.2 Å². The van der Waals surface area contributed by atoms with E-state index in [0.717, 1.165) is 40.7 Å². The summed E-state index contributed by atoms with van der Waals surface area (Å²) in [5, 5.41) is 13.8. The molecule has 0 saturated carbocycles. The molecule has 10 heteroatoms. The van der Waals surface area contributed by atoms with Crippen LogP contribution in [0.1, 0.15) is 36.9 Å². The second kappa shape index (κ2) is 10.8. The zero-order valence-electron chi connectivity index (χ0n) is 22.3. The number of aromatic nitrogens is 1. The fourth-order valence-electron chi connectivity index (χ4n) is 6.44. The molecule has 3 aromatic rings. The molecular weight excluding hydrogens is 531 g/mol. The first kappa shape index (κ1) is 26.6.